The summed E-state index contributed by atoms with van der Waals surface area (Å²) in [5.41, 5.74) is 12.0. The maximum atomic E-state index is 5.02. The van der Waals surface area contributed by atoms with E-state index in [1.165, 1.54) is 22.1 Å². The standard InChI is InChI=1S/C51H37N4.Pt/c1-51(39-17-5-2-6-18-39,40-19-7-3-8-20-40)41-30-31-52-50(35-41)55-46-25-12-11-24-44(46)45-29-28-38(34-49(45)55)32-37-16-15-23-43(33-37)54-36-53(42-21-9-4-10-22-42)47-26-13-14-27-48(47)54;/h2-31,35-36H,32H2,1H3;/q-3;. The van der Waals surface area contributed by atoms with E-state index in [-0.39, 0.29) is 26.5 Å². The molecule has 7 aromatic carbocycles. The molecular formula is C51H37N4Pt-3. The zero-order chi connectivity index (χ0) is 36.8. The van der Waals surface area contributed by atoms with Crippen molar-refractivity contribution in [1.82, 2.24) is 9.55 Å². The molecule has 2 aromatic heterocycles. The van der Waals surface area contributed by atoms with Crippen LogP contribution in [0.5, 0.6) is 0 Å². The average molecular weight is 901 g/mol. The van der Waals surface area contributed by atoms with E-state index < -0.39 is 0 Å². The van der Waals surface area contributed by atoms with Gasteiger partial charge < -0.3 is 14.4 Å². The van der Waals surface area contributed by atoms with Crippen LogP contribution in [0.4, 0.5) is 22.7 Å². The number of fused-ring (bicyclic) bond motifs is 4. The summed E-state index contributed by atoms with van der Waals surface area (Å²) in [6, 6.07) is 72.0. The Morgan fingerprint density at radius 3 is 1.91 bits per heavy atom. The molecule has 5 heteroatoms. The van der Waals surface area contributed by atoms with Gasteiger partial charge in [-0.2, -0.15) is 53.6 Å². The van der Waals surface area contributed by atoms with Crippen molar-refractivity contribution in [2.45, 2.75) is 18.8 Å². The molecule has 10 rings (SSSR count). The van der Waals surface area contributed by atoms with Crippen molar-refractivity contribution in [2.75, 3.05) is 9.80 Å². The second-order valence-electron chi connectivity index (χ2n) is 14.3. The third-order valence-corrected chi connectivity index (χ3v) is 11.0. The van der Waals surface area contributed by atoms with Gasteiger partial charge in [0.15, 0.2) is 0 Å². The van der Waals surface area contributed by atoms with Crippen LogP contribution in [0.1, 0.15) is 34.7 Å². The van der Waals surface area contributed by atoms with E-state index in [4.69, 9.17) is 4.98 Å². The first-order chi connectivity index (χ1) is 27.1. The molecule has 1 aliphatic rings. The van der Waals surface area contributed by atoms with Gasteiger partial charge in [-0.1, -0.05) is 115 Å². The van der Waals surface area contributed by atoms with Crippen LogP contribution in [-0.4, -0.2) is 9.55 Å². The summed E-state index contributed by atoms with van der Waals surface area (Å²) in [7, 11) is 0. The molecular weight excluding hydrogens is 864 g/mol. The molecule has 0 radical (unpaired) electrons. The van der Waals surface area contributed by atoms with Crippen LogP contribution in [0.2, 0.25) is 0 Å². The average Bonchev–Trinajstić information content (AvgIpc) is 3.81. The predicted octanol–water partition coefficient (Wildman–Crippen LogP) is 12.1. The Hall–Kier alpha value is -6.22. The van der Waals surface area contributed by atoms with Crippen LogP contribution < -0.4 is 9.80 Å². The fourth-order valence-electron chi connectivity index (χ4n) is 8.22. The molecule has 9 aromatic rings. The molecule has 3 heterocycles. The van der Waals surface area contributed by atoms with Crippen LogP contribution in [0, 0.1) is 18.8 Å². The monoisotopic (exact) mass is 900 g/mol. The van der Waals surface area contributed by atoms with Crippen molar-refractivity contribution < 1.29 is 21.1 Å². The maximum Gasteiger partial charge on any atom is 0.135 e. The molecule has 0 spiro atoms. The Morgan fingerprint density at radius 2 is 1.18 bits per heavy atom. The quantitative estimate of drug-likeness (QED) is 0.142. The Bertz CT molecular complexity index is 2760. The number of benzene rings is 7. The summed E-state index contributed by atoms with van der Waals surface area (Å²) in [5.74, 6) is 0.870. The fraction of sp³-hybridized carbons (Fsp3) is 0.0588. The Balaban J connectivity index is 0.00000410. The summed E-state index contributed by atoms with van der Waals surface area (Å²) >= 11 is 0. The minimum atomic E-state index is -0.389. The zero-order valence-corrected chi connectivity index (χ0v) is 33.1. The first-order valence-electron chi connectivity index (χ1n) is 18.8. The van der Waals surface area contributed by atoms with Crippen molar-refractivity contribution in [1.29, 1.82) is 0 Å². The van der Waals surface area contributed by atoms with Gasteiger partial charge in [-0.3, -0.25) is 0 Å². The van der Waals surface area contributed by atoms with Crippen LogP contribution in [-0.2, 0) is 32.9 Å². The molecule has 274 valence electrons. The van der Waals surface area contributed by atoms with Gasteiger partial charge in [-0.05, 0) is 77.9 Å². The molecule has 0 amide bonds. The summed E-state index contributed by atoms with van der Waals surface area (Å²) in [6.45, 7) is 4.48. The molecule has 0 unspecified atom stereocenters. The number of anilines is 4. The molecule has 0 N–H and O–H groups in total. The third kappa shape index (κ3) is 6.11. The van der Waals surface area contributed by atoms with Crippen LogP contribution in [0.25, 0.3) is 27.6 Å². The molecule has 56 heavy (non-hydrogen) atoms. The Labute approximate surface area is 342 Å². The third-order valence-electron chi connectivity index (χ3n) is 11.0. The second kappa shape index (κ2) is 14.8. The van der Waals surface area contributed by atoms with E-state index in [0.717, 1.165) is 56.1 Å². The predicted molar refractivity (Wildman–Crippen MR) is 225 cm³/mol. The topological polar surface area (TPSA) is 24.3 Å². The Morgan fingerprint density at radius 1 is 0.554 bits per heavy atom. The first kappa shape index (κ1) is 35.5. The number of aromatic nitrogens is 2. The summed E-state index contributed by atoms with van der Waals surface area (Å²) < 4.78 is 2.28. The van der Waals surface area contributed by atoms with Crippen molar-refractivity contribution in [3.63, 3.8) is 0 Å². The van der Waals surface area contributed by atoms with Gasteiger partial charge in [0, 0.05) is 55.3 Å². The van der Waals surface area contributed by atoms with Gasteiger partial charge in [0.05, 0.1) is 0 Å². The second-order valence-corrected chi connectivity index (χ2v) is 14.3. The molecule has 0 fully saturated rings. The number of pyridine rings is 1. The molecule has 1 aliphatic heterocycles. The van der Waals surface area contributed by atoms with Crippen molar-refractivity contribution in [2.24, 2.45) is 0 Å². The van der Waals surface area contributed by atoms with Gasteiger partial charge >= 0.3 is 0 Å². The van der Waals surface area contributed by atoms with E-state index in [9.17, 15) is 0 Å². The van der Waals surface area contributed by atoms with Crippen molar-refractivity contribution in [3.8, 4) is 5.82 Å². The van der Waals surface area contributed by atoms with Crippen molar-refractivity contribution in [3.05, 3.63) is 235 Å². The van der Waals surface area contributed by atoms with Gasteiger partial charge in [-0.15, -0.1) is 17.7 Å². The van der Waals surface area contributed by atoms with Gasteiger partial charge in [-0.25, -0.2) is 4.98 Å². The van der Waals surface area contributed by atoms with E-state index in [1.807, 2.05) is 6.20 Å². The summed E-state index contributed by atoms with van der Waals surface area (Å²) in [4.78, 5) is 9.49. The van der Waals surface area contributed by atoms with Gasteiger partial charge in [0.1, 0.15) is 5.82 Å². The molecule has 0 saturated carbocycles. The van der Waals surface area contributed by atoms with E-state index >= 15 is 0 Å². The van der Waals surface area contributed by atoms with Crippen LogP contribution in [0.3, 0.4) is 0 Å². The number of hydrogen-bond acceptors (Lipinski definition) is 3. The number of rotatable bonds is 8. The fourth-order valence-corrected chi connectivity index (χ4v) is 8.22. The molecule has 0 atom stereocenters. The molecule has 0 bridgehead atoms. The largest absolute Gasteiger partial charge is 0.493 e. The summed E-state index contributed by atoms with van der Waals surface area (Å²) in [5, 5.41) is 2.34. The number of hydrogen-bond donors (Lipinski definition) is 0. The number of nitrogens with zero attached hydrogens (tertiary/aromatic N) is 4. The minimum Gasteiger partial charge on any atom is -0.493 e. The maximum absolute atomic E-state index is 5.02. The SMILES string of the molecule is CC(c1ccccc1)(c1ccccc1)c1ccnc(-n2c3[c-]c(Cc4[c-]c(N5[CH-]N(c6ccccc6)c6ccccc65)ccc4)ccc3c3ccccc32)c1.[Pt]. The molecule has 4 nitrogen and oxygen atoms in total. The van der Waals surface area contributed by atoms with Crippen LogP contribution in [0.15, 0.2) is 188 Å². The normalized spacial score (nSPS) is 12.5. The smallest absolute Gasteiger partial charge is 0.135 e. The van der Waals surface area contributed by atoms with E-state index in [1.54, 1.807) is 0 Å². The zero-order valence-electron chi connectivity index (χ0n) is 30.8. The van der Waals surface area contributed by atoms with Crippen LogP contribution >= 0.6 is 0 Å². The van der Waals surface area contributed by atoms with Crippen molar-refractivity contribution >= 4 is 44.6 Å². The van der Waals surface area contributed by atoms with Gasteiger partial charge in [0.2, 0.25) is 0 Å². The summed E-state index contributed by atoms with van der Waals surface area (Å²) in [6.07, 6.45) is 2.64. The number of para-hydroxylation sites is 4. The van der Waals surface area contributed by atoms with E-state index in [2.05, 4.69) is 222 Å². The van der Waals surface area contributed by atoms with Gasteiger partial charge in [0.25, 0.3) is 0 Å². The van der Waals surface area contributed by atoms with E-state index in [0.29, 0.717) is 6.42 Å². The first-order valence-corrected chi connectivity index (χ1v) is 18.8. The molecule has 0 aliphatic carbocycles. The molecule has 0 saturated heterocycles. The Kier molecular flexibility index (Phi) is 9.37. The minimum absolute atomic E-state index is 0.